The van der Waals surface area contributed by atoms with E-state index in [1.165, 1.54) is 30.5 Å². The maximum Gasteiger partial charge on any atom is 0.277 e. The quantitative estimate of drug-likeness (QED) is 0.556. The zero-order valence-electron chi connectivity index (χ0n) is 13.6. The number of nitrogens with one attached hydrogen (secondary N) is 1. The summed E-state index contributed by atoms with van der Waals surface area (Å²) in [5, 5.41) is 13.8. The Morgan fingerprint density at radius 2 is 1.92 bits per heavy atom. The topological polar surface area (TPSA) is 85.1 Å². The summed E-state index contributed by atoms with van der Waals surface area (Å²) in [5.41, 5.74) is 1.50. The summed E-state index contributed by atoms with van der Waals surface area (Å²) in [6.07, 6.45) is 1.46. The SMILES string of the molecule is O=C(Cc1cccc(F)c1)Nc1cc(-c2ccccc2[N+](=O)[O-])ccn1. The minimum absolute atomic E-state index is 0.00481. The van der Waals surface area contributed by atoms with Crippen molar-refractivity contribution in [2.24, 2.45) is 0 Å². The average molecular weight is 351 g/mol. The number of anilines is 1. The van der Waals surface area contributed by atoms with Crippen LogP contribution in [0.4, 0.5) is 15.9 Å². The molecule has 1 amide bonds. The Labute approximate surface area is 148 Å². The van der Waals surface area contributed by atoms with Crippen molar-refractivity contribution in [2.45, 2.75) is 6.42 Å². The summed E-state index contributed by atoms with van der Waals surface area (Å²) in [5.74, 6) is -0.503. The van der Waals surface area contributed by atoms with E-state index < -0.39 is 10.7 Å². The Morgan fingerprint density at radius 1 is 1.12 bits per heavy atom. The second kappa shape index (κ2) is 7.52. The molecule has 6 nitrogen and oxygen atoms in total. The van der Waals surface area contributed by atoms with E-state index in [0.717, 1.165) is 0 Å². The van der Waals surface area contributed by atoms with Gasteiger partial charge < -0.3 is 5.32 Å². The summed E-state index contributed by atoms with van der Waals surface area (Å²) in [6.45, 7) is 0. The van der Waals surface area contributed by atoms with Crippen LogP contribution in [-0.4, -0.2) is 15.8 Å². The molecule has 0 bridgehead atoms. The van der Waals surface area contributed by atoms with Crippen LogP contribution in [0.25, 0.3) is 11.1 Å². The first kappa shape index (κ1) is 17.2. The smallest absolute Gasteiger partial charge is 0.277 e. The van der Waals surface area contributed by atoms with E-state index in [-0.39, 0.29) is 23.8 Å². The van der Waals surface area contributed by atoms with Crippen molar-refractivity contribution in [3.63, 3.8) is 0 Å². The molecule has 0 aliphatic heterocycles. The molecular weight excluding hydrogens is 337 g/mol. The van der Waals surface area contributed by atoms with E-state index in [1.54, 1.807) is 36.4 Å². The Morgan fingerprint density at radius 3 is 2.69 bits per heavy atom. The van der Waals surface area contributed by atoms with Crippen molar-refractivity contribution in [1.29, 1.82) is 0 Å². The molecule has 3 aromatic rings. The van der Waals surface area contributed by atoms with Crippen molar-refractivity contribution in [1.82, 2.24) is 4.98 Å². The Bertz CT molecular complexity index is 976. The van der Waals surface area contributed by atoms with Crippen LogP contribution in [0.3, 0.4) is 0 Å². The molecule has 1 aromatic heterocycles. The first-order valence-corrected chi connectivity index (χ1v) is 7.77. The lowest BCUT2D eigenvalue weighted by molar-refractivity contribution is -0.384. The predicted molar refractivity (Wildman–Crippen MR) is 95.1 cm³/mol. The highest BCUT2D eigenvalue weighted by Gasteiger charge is 2.15. The highest BCUT2D eigenvalue weighted by Crippen LogP contribution is 2.30. The predicted octanol–water partition coefficient (Wildman–Crippen LogP) is 3.98. The van der Waals surface area contributed by atoms with Gasteiger partial charge in [0.25, 0.3) is 5.69 Å². The molecule has 2 aromatic carbocycles. The molecule has 3 rings (SSSR count). The van der Waals surface area contributed by atoms with Gasteiger partial charge in [-0.3, -0.25) is 14.9 Å². The molecule has 0 saturated heterocycles. The number of aromatic nitrogens is 1. The van der Waals surface area contributed by atoms with Gasteiger partial charge >= 0.3 is 0 Å². The number of hydrogen-bond acceptors (Lipinski definition) is 4. The second-order valence-corrected chi connectivity index (χ2v) is 5.56. The minimum Gasteiger partial charge on any atom is -0.310 e. The van der Waals surface area contributed by atoms with Crippen LogP contribution in [0.2, 0.25) is 0 Å². The zero-order chi connectivity index (χ0) is 18.5. The van der Waals surface area contributed by atoms with Crippen LogP contribution in [-0.2, 0) is 11.2 Å². The molecule has 0 saturated carbocycles. The third-order valence-electron chi connectivity index (χ3n) is 3.69. The van der Waals surface area contributed by atoms with Crippen molar-refractivity contribution in [2.75, 3.05) is 5.32 Å². The summed E-state index contributed by atoms with van der Waals surface area (Å²) in [7, 11) is 0. The Kier molecular flexibility index (Phi) is 4.98. The first-order valence-electron chi connectivity index (χ1n) is 7.77. The molecule has 0 spiro atoms. The summed E-state index contributed by atoms with van der Waals surface area (Å²) in [6, 6.07) is 15.3. The van der Waals surface area contributed by atoms with Gasteiger partial charge in [0.2, 0.25) is 5.91 Å². The molecule has 130 valence electrons. The number of benzene rings is 2. The fraction of sp³-hybridized carbons (Fsp3) is 0.0526. The number of nitro benzene ring substituents is 1. The molecule has 26 heavy (non-hydrogen) atoms. The molecule has 0 aliphatic carbocycles. The summed E-state index contributed by atoms with van der Waals surface area (Å²) in [4.78, 5) is 26.9. The average Bonchev–Trinajstić information content (AvgIpc) is 2.62. The lowest BCUT2D eigenvalue weighted by atomic mass is 10.0. The standard InChI is InChI=1S/C19H14FN3O3/c20-15-5-3-4-13(10-15)11-19(24)22-18-12-14(8-9-21-18)16-6-1-2-7-17(16)23(25)26/h1-10,12H,11H2,(H,21,22,24). The number of rotatable bonds is 5. The molecular formula is C19H14FN3O3. The molecule has 0 fully saturated rings. The van der Waals surface area contributed by atoms with Gasteiger partial charge in [-0.25, -0.2) is 9.37 Å². The number of halogens is 1. The fourth-order valence-electron chi connectivity index (χ4n) is 2.56. The van der Waals surface area contributed by atoms with Gasteiger partial charge in [-0.1, -0.05) is 24.3 Å². The highest BCUT2D eigenvalue weighted by molar-refractivity contribution is 5.92. The van der Waals surface area contributed by atoms with Crippen LogP contribution >= 0.6 is 0 Å². The molecule has 0 unspecified atom stereocenters. The maximum absolute atomic E-state index is 13.2. The van der Waals surface area contributed by atoms with E-state index in [2.05, 4.69) is 10.3 Å². The normalized spacial score (nSPS) is 10.3. The Balaban J connectivity index is 1.80. The van der Waals surface area contributed by atoms with Crippen molar-refractivity contribution >= 4 is 17.4 Å². The number of carbonyl (C=O) groups excluding carboxylic acids is 1. The van der Waals surface area contributed by atoms with Gasteiger partial charge in [0.05, 0.1) is 16.9 Å². The van der Waals surface area contributed by atoms with Crippen molar-refractivity contribution in [3.05, 3.63) is 88.4 Å². The second-order valence-electron chi connectivity index (χ2n) is 5.56. The molecule has 1 N–H and O–H groups in total. The van der Waals surface area contributed by atoms with Crippen LogP contribution in [0.5, 0.6) is 0 Å². The summed E-state index contributed by atoms with van der Waals surface area (Å²) < 4.78 is 13.2. The van der Waals surface area contributed by atoms with Crippen molar-refractivity contribution < 1.29 is 14.1 Å². The number of pyridine rings is 1. The molecule has 0 aliphatic rings. The minimum atomic E-state index is -0.460. The highest BCUT2D eigenvalue weighted by atomic mass is 19.1. The third kappa shape index (κ3) is 4.07. The first-order chi connectivity index (χ1) is 12.5. The lowest BCUT2D eigenvalue weighted by Crippen LogP contribution is -2.15. The van der Waals surface area contributed by atoms with Crippen LogP contribution in [0.15, 0.2) is 66.9 Å². The third-order valence-corrected chi connectivity index (χ3v) is 3.69. The van der Waals surface area contributed by atoms with E-state index in [4.69, 9.17) is 0 Å². The number of amides is 1. The molecule has 0 atom stereocenters. The van der Waals surface area contributed by atoms with E-state index in [0.29, 0.717) is 16.7 Å². The fourth-order valence-corrected chi connectivity index (χ4v) is 2.56. The Hall–Kier alpha value is -3.61. The lowest BCUT2D eigenvalue weighted by Gasteiger charge is -2.07. The molecule has 0 radical (unpaired) electrons. The molecule has 1 heterocycles. The monoisotopic (exact) mass is 351 g/mol. The van der Waals surface area contributed by atoms with Crippen LogP contribution in [0, 0.1) is 15.9 Å². The van der Waals surface area contributed by atoms with Gasteiger partial charge in [0.15, 0.2) is 0 Å². The van der Waals surface area contributed by atoms with Gasteiger partial charge in [-0.05, 0) is 41.5 Å². The van der Waals surface area contributed by atoms with Crippen LogP contribution < -0.4 is 5.32 Å². The number of nitrogens with zero attached hydrogens (tertiary/aromatic N) is 2. The van der Waals surface area contributed by atoms with E-state index in [9.17, 15) is 19.3 Å². The largest absolute Gasteiger partial charge is 0.310 e. The van der Waals surface area contributed by atoms with E-state index in [1.807, 2.05) is 0 Å². The van der Waals surface area contributed by atoms with Gasteiger partial charge in [-0.2, -0.15) is 0 Å². The number of hydrogen-bond donors (Lipinski definition) is 1. The van der Waals surface area contributed by atoms with Crippen LogP contribution in [0.1, 0.15) is 5.56 Å². The van der Waals surface area contributed by atoms with Gasteiger partial charge in [0.1, 0.15) is 11.6 Å². The van der Waals surface area contributed by atoms with E-state index >= 15 is 0 Å². The number of nitro groups is 1. The number of carbonyl (C=O) groups is 1. The van der Waals surface area contributed by atoms with Crippen molar-refractivity contribution in [3.8, 4) is 11.1 Å². The maximum atomic E-state index is 13.2. The van der Waals surface area contributed by atoms with Gasteiger partial charge in [-0.15, -0.1) is 0 Å². The van der Waals surface area contributed by atoms with Gasteiger partial charge in [0, 0.05) is 12.3 Å². The molecule has 7 heteroatoms. The summed E-state index contributed by atoms with van der Waals surface area (Å²) >= 11 is 0. The zero-order valence-corrected chi connectivity index (χ0v) is 13.6. The number of para-hydroxylation sites is 1.